The van der Waals surface area contributed by atoms with Crippen LogP contribution >= 0.6 is 0 Å². The van der Waals surface area contributed by atoms with Crippen LogP contribution in [0.25, 0.3) is 0 Å². The molecule has 0 fully saturated rings. The molecule has 2 aromatic carbocycles. The van der Waals surface area contributed by atoms with Crippen LogP contribution in [0.4, 0.5) is 0 Å². The van der Waals surface area contributed by atoms with Crippen molar-refractivity contribution in [2.45, 2.75) is 20.3 Å². The van der Waals surface area contributed by atoms with Gasteiger partial charge in [-0.25, -0.2) is 0 Å². The van der Waals surface area contributed by atoms with Crippen molar-refractivity contribution in [3.05, 3.63) is 59.2 Å². The van der Waals surface area contributed by atoms with Crippen LogP contribution in [-0.2, 0) is 6.42 Å². The number of rotatable bonds is 6. The van der Waals surface area contributed by atoms with Gasteiger partial charge in [0.05, 0.1) is 7.11 Å². The molecule has 0 aromatic heterocycles. The lowest BCUT2D eigenvalue weighted by atomic mass is 10.0. The van der Waals surface area contributed by atoms with Crippen LogP contribution in [0.1, 0.15) is 35.3 Å². The third kappa shape index (κ3) is 4.03. The Hall–Kier alpha value is -2.49. The molecule has 0 atom stereocenters. The van der Waals surface area contributed by atoms with Crippen LogP contribution in [-0.4, -0.2) is 36.1 Å². The van der Waals surface area contributed by atoms with E-state index in [9.17, 15) is 9.90 Å². The van der Waals surface area contributed by atoms with Gasteiger partial charge in [0.25, 0.3) is 5.91 Å². The summed E-state index contributed by atoms with van der Waals surface area (Å²) in [6.07, 6.45) is 0.607. The summed E-state index contributed by atoms with van der Waals surface area (Å²) in [6, 6.07) is 12.8. The predicted octanol–water partition coefficient (Wildman–Crippen LogP) is 3.47. The first-order valence-corrected chi connectivity index (χ1v) is 7.83. The van der Waals surface area contributed by atoms with E-state index < -0.39 is 0 Å². The van der Waals surface area contributed by atoms with E-state index >= 15 is 0 Å². The van der Waals surface area contributed by atoms with Gasteiger partial charge in [-0.1, -0.05) is 18.2 Å². The molecule has 0 radical (unpaired) electrons. The Labute approximate surface area is 137 Å². The number of amides is 1. The van der Waals surface area contributed by atoms with E-state index in [2.05, 4.69) is 0 Å². The average Bonchev–Trinajstić information content (AvgIpc) is 2.58. The van der Waals surface area contributed by atoms with Crippen molar-refractivity contribution in [2.24, 2.45) is 0 Å². The Morgan fingerprint density at radius 3 is 2.26 bits per heavy atom. The summed E-state index contributed by atoms with van der Waals surface area (Å²) >= 11 is 0. The third-order valence-corrected chi connectivity index (χ3v) is 3.94. The molecule has 4 nitrogen and oxygen atoms in total. The Balaban J connectivity index is 2.12. The average molecular weight is 313 g/mol. The monoisotopic (exact) mass is 313 g/mol. The zero-order valence-corrected chi connectivity index (χ0v) is 13.9. The van der Waals surface area contributed by atoms with Gasteiger partial charge in [0.1, 0.15) is 11.5 Å². The van der Waals surface area contributed by atoms with Gasteiger partial charge in [0.15, 0.2) is 0 Å². The number of hydrogen-bond donors (Lipinski definition) is 1. The molecule has 0 spiro atoms. The van der Waals surface area contributed by atoms with Crippen LogP contribution < -0.4 is 4.74 Å². The lowest BCUT2D eigenvalue weighted by Gasteiger charge is -2.18. The first-order chi connectivity index (χ1) is 11.1. The molecule has 0 unspecified atom stereocenters. The number of nitrogens with zero attached hydrogens (tertiary/aromatic N) is 1. The second kappa shape index (κ2) is 7.68. The standard InChI is InChI=1S/C19H23NO3/c1-4-20(5-2)19(22)15-8-6-14(7-9-15)12-16-10-11-17(23-3)13-18(16)21/h6-11,13,21H,4-5,12H2,1-3H3. The maximum absolute atomic E-state index is 12.3. The summed E-state index contributed by atoms with van der Waals surface area (Å²) < 4.78 is 5.08. The fourth-order valence-corrected chi connectivity index (χ4v) is 2.50. The number of phenols is 1. The first-order valence-electron chi connectivity index (χ1n) is 7.83. The quantitative estimate of drug-likeness (QED) is 0.888. The minimum atomic E-state index is 0.0499. The molecule has 4 heteroatoms. The van der Waals surface area contributed by atoms with Crippen molar-refractivity contribution in [1.82, 2.24) is 4.90 Å². The minimum Gasteiger partial charge on any atom is -0.508 e. The van der Waals surface area contributed by atoms with Crippen molar-refractivity contribution in [3.8, 4) is 11.5 Å². The number of carbonyl (C=O) groups excluding carboxylic acids is 1. The van der Waals surface area contributed by atoms with Gasteiger partial charge < -0.3 is 14.7 Å². The van der Waals surface area contributed by atoms with Crippen LogP contribution in [0.2, 0.25) is 0 Å². The van der Waals surface area contributed by atoms with Gasteiger partial charge in [-0.05, 0) is 43.2 Å². The van der Waals surface area contributed by atoms with Gasteiger partial charge in [0.2, 0.25) is 0 Å². The lowest BCUT2D eigenvalue weighted by molar-refractivity contribution is 0.0773. The van der Waals surface area contributed by atoms with Crippen molar-refractivity contribution in [1.29, 1.82) is 0 Å². The van der Waals surface area contributed by atoms with E-state index in [-0.39, 0.29) is 11.7 Å². The van der Waals surface area contributed by atoms with Crippen LogP contribution in [0.3, 0.4) is 0 Å². The number of carbonyl (C=O) groups is 1. The molecule has 2 rings (SSSR count). The van der Waals surface area contributed by atoms with Gasteiger partial charge in [0, 0.05) is 31.1 Å². The van der Waals surface area contributed by atoms with Crippen LogP contribution in [0.5, 0.6) is 11.5 Å². The van der Waals surface area contributed by atoms with Crippen LogP contribution in [0, 0.1) is 0 Å². The van der Waals surface area contributed by atoms with E-state index in [1.165, 1.54) is 0 Å². The summed E-state index contributed by atoms with van der Waals surface area (Å²) in [4.78, 5) is 14.1. The Morgan fingerprint density at radius 2 is 1.74 bits per heavy atom. The smallest absolute Gasteiger partial charge is 0.253 e. The second-order valence-electron chi connectivity index (χ2n) is 5.35. The first kappa shape index (κ1) is 16.9. The molecule has 0 bridgehead atoms. The van der Waals surface area contributed by atoms with E-state index in [4.69, 9.17) is 4.74 Å². The van der Waals surface area contributed by atoms with E-state index in [0.29, 0.717) is 30.8 Å². The van der Waals surface area contributed by atoms with E-state index in [1.54, 1.807) is 18.1 Å². The van der Waals surface area contributed by atoms with E-state index in [0.717, 1.165) is 11.1 Å². The minimum absolute atomic E-state index is 0.0499. The summed E-state index contributed by atoms with van der Waals surface area (Å²) in [7, 11) is 1.57. The predicted molar refractivity (Wildman–Crippen MR) is 91.2 cm³/mol. The lowest BCUT2D eigenvalue weighted by Crippen LogP contribution is -2.30. The normalized spacial score (nSPS) is 10.4. The number of methoxy groups -OCH3 is 1. The Morgan fingerprint density at radius 1 is 1.09 bits per heavy atom. The third-order valence-electron chi connectivity index (χ3n) is 3.94. The van der Waals surface area contributed by atoms with Crippen molar-refractivity contribution >= 4 is 5.91 Å². The number of hydrogen-bond acceptors (Lipinski definition) is 3. The number of ether oxygens (including phenoxy) is 1. The van der Waals surface area contributed by atoms with E-state index in [1.807, 2.05) is 50.2 Å². The summed E-state index contributed by atoms with van der Waals surface area (Å²) in [5.74, 6) is 0.896. The maximum Gasteiger partial charge on any atom is 0.253 e. The maximum atomic E-state index is 12.3. The fourth-order valence-electron chi connectivity index (χ4n) is 2.50. The molecule has 122 valence electrons. The molecular formula is C19H23NO3. The molecule has 0 aliphatic carbocycles. The Bertz CT molecular complexity index is 661. The van der Waals surface area contributed by atoms with Gasteiger partial charge in [-0.15, -0.1) is 0 Å². The molecule has 0 aliphatic rings. The largest absolute Gasteiger partial charge is 0.508 e. The molecule has 23 heavy (non-hydrogen) atoms. The molecule has 0 aliphatic heterocycles. The number of aromatic hydroxyl groups is 1. The zero-order chi connectivity index (χ0) is 16.8. The fraction of sp³-hybridized carbons (Fsp3) is 0.316. The SMILES string of the molecule is CCN(CC)C(=O)c1ccc(Cc2ccc(OC)cc2O)cc1. The number of phenolic OH excluding ortho intramolecular Hbond substituents is 1. The molecule has 2 aromatic rings. The number of benzene rings is 2. The van der Waals surface area contributed by atoms with Gasteiger partial charge in [-0.3, -0.25) is 4.79 Å². The highest BCUT2D eigenvalue weighted by molar-refractivity contribution is 5.94. The molecule has 0 heterocycles. The van der Waals surface area contributed by atoms with Crippen molar-refractivity contribution < 1.29 is 14.6 Å². The topological polar surface area (TPSA) is 49.8 Å². The van der Waals surface area contributed by atoms with Crippen LogP contribution in [0.15, 0.2) is 42.5 Å². The molecule has 1 N–H and O–H groups in total. The van der Waals surface area contributed by atoms with Crippen molar-refractivity contribution in [2.75, 3.05) is 20.2 Å². The highest BCUT2D eigenvalue weighted by Crippen LogP contribution is 2.25. The summed E-state index contributed by atoms with van der Waals surface area (Å²) in [5.41, 5.74) is 2.56. The highest BCUT2D eigenvalue weighted by atomic mass is 16.5. The molecule has 0 saturated heterocycles. The second-order valence-corrected chi connectivity index (χ2v) is 5.35. The molecule has 0 saturated carbocycles. The molecular weight excluding hydrogens is 290 g/mol. The highest BCUT2D eigenvalue weighted by Gasteiger charge is 2.12. The zero-order valence-electron chi connectivity index (χ0n) is 13.9. The summed E-state index contributed by atoms with van der Waals surface area (Å²) in [6.45, 7) is 5.36. The Kier molecular flexibility index (Phi) is 5.63. The molecule has 1 amide bonds. The summed E-state index contributed by atoms with van der Waals surface area (Å²) in [5, 5.41) is 10.0. The van der Waals surface area contributed by atoms with Crippen molar-refractivity contribution in [3.63, 3.8) is 0 Å². The van der Waals surface area contributed by atoms with Gasteiger partial charge in [-0.2, -0.15) is 0 Å². The van der Waals surface area contributed by atoms with Gasteiger partial charge >= 0.3 is 0 Å².